The Morgan fingerprint density at radius 3 is 2.41 bits per heavy atom. The topological polar surface area (TPSA) is 20.3 Å². The molecule has 1 aliphatic carbocycles. The minimum Gasteiger partial charge on any atom is -0.299 e. The maximum absolute atomic E-state index is 13.1. The van der Waals surface area contributed by atoms with Gasteiger partial charge in [0, 0.05) is 17.5 Å². The van der Waals surface area contributed by atoms with E-state index < -0.39 is 0 Å². The summed E-state index contributed by atoms with van der Waals surface area (Å²) in [4.78, 5) is 15.2. The summed E-state index contributed by atoms with van der Waals surface area (Å²) in [6.07, 6.45) is 9.98. The van der Waals surface area contributed by atoms with Gasteiger partial charge >= 0.3 is 0 Å². The predicted molar refractivity (Wildman–Crippen MR) is 107 cm³/mol. The van der Waals surface area contributed by atoms with Gasteiger partial charge in [0.15, 0.2) is 5.78 Å². The second-order valence-electron chi connectivity index (χ2n) is 7.68. The molecule has 2 nitrogen and oxygen atoms in total. The molecule has 2 unspecified atom stereocenters. The molecule has 2 aliphatic rings. The summed E-state index contributed by atoms with van der Waals surface area (Å²) in [7, 11) is 0. The first kappa shape index (κ1) is 18.1. The fourth-order valence-corrected chi connectivity index (χ4v) is 4.52. The molecular weight excluding hydrogens is 337 g/mol. The van der Waals surface area contributed by atoms with E-state index in [-0.39, 0.29) is 17.5 Å². The molecule has 4 rings (SSSR count). The fourth-order valence-electron chi connectivity index (χ4n) is 4.52. The molecule has 1 heterocycles. The molecule has 3 heteroatoms. The third-order valence-corrected chi connectivity index (χ3v) is 5.95. The monoisotopic (exact) mass is 363 g/mol. The molecule has 0 radical (unpaired) electrons. The normalized spacial score (nSPS) is 23.3. The number of ketones is 1. The average molecular weight is 363 g/mol. The standard InChI is InChI=1S/C24H26FNO/c25-20-11-9-18(10-12-20)24(27)14-13-22-21-8-4-3-7-19(21)17-23(22)26-15-5-1-2-6-16-26/h3-4,7-14,22-23H,1-2,5-6,15-17H2. The van der Waals surface area contributed by atoms with Crippen LogP contribution >= 0.6 is 0 Å². The van der Waals surface area contributed by atoms with E-state index in [9.17, 15) is 9.18 Å². The van der Waals surface area contributed by atoms with Crippen molar-refractivity contribution in [2.45, 2.75) is 44.1 Å². The second-order valence-corrected chi connectivity index (χ2v) is 7.68. The number of benzene rings is 2. The van der Waals surface area contributed by atoms with Crippen LogP contribution in [-0.2, 0) is 6.42 Å². The molecule has 0 amide bonds. The summed E-state index contributed by atoms with van der Waals surface area (Å²) >= 11 is 0. The first-order valence-corrected chi connectivity index (χ1v) is 10.0. The van der Waals surface area contributed by atoms with Crippen molar-refractivity contribution >= 4 is 5.78 Å². The number of hydrogen-bond acceptors (Lipinski definition) is 2. The predicted octanol–water partition coefficient (Wildman–Crippen LogP) is 5.15. The number of likely N-dealkylation sites (tertiary alicyclic amines) is 1. The lowest BCUT2D eigenvalue weighted by Crippen LogP contribution is -2.38. The van der Waals surface area contributed by atoms with Crippen LogP contribution in [0.15, 0.2) is 60.7 Å². The van der Waals surface area contributed by atoms with Gasteiger partial charge in [-0.1, -0.05) is 43.2 Å². The maximum atomic E-state index is 13.1. The van der Waals surface area contributed by atoms with Gasteiger partial charge in [-0.2, -0.15) is 0 Å². The van der Waals surface area contributed by atoms with Crippen molar-refractivity contribution in [3.05, 3.63) is 83.2 Å². The first-order chi connectivity index (χ1) is 13.2. The highest BCUT2D eigenvalue weighted by Gasteiger charge is 2.34. The van der Waals surface area contributed by atoms with E-state index in [0.29, 0.717) is 11.6 Å². The molecule has 0 saturated carbocycles. The van der Waals surface area contributed by atoms with E-state index in [1.165, 1.54) is 48.9 Å². The summed E-state index contributed by atoms with van der Waals surface area (Å²) in [6.45, 7) is 2.30. The quantitative estimate of drug-likeness (QED) is 0.553. The summed E-state index contributed by atoms with van der Waals surface area (Å²) in [5.74, 6) is -0.140. The van der Waals surface area contributed by atoms with Crippen LogP contribution in [0.3, 0.4) is 0 Å². The number of fused-ring (bicyclic) bond motifs is 1. The Morgan fingerprint density at radius 2 is 1.67 bits per heavy atom. The van der Waals surface area contributed by atoms with Crippen LogP contribution in [0.5, 0.6) is 0 Å². The first-order valence-electron chi connectivity index (χ1n) is 10.0. The second kappa shape index (κ2) is 8.18. The number of carbonyl (C=O) groups is 1. The zero-order valence-electron chi connectivity index (χ0n) is 15.6. The largest absolute Gasteiger partial charge is 0.299 e. The Hall–Kier alpha value is -2.26. The highest BCUT2D eigenvalue weighted by molar-refractivity contribution is 6.04. The third-order valence-electron chi connectivity index (χ3n) is 5.95. The van der Waals surface area contributed by atoms with E-state index in [2.05, 4.69) is 35.2 Å². The Kier molecular flexibility index (Phi) is 5.49. The SMILES string of the molecule is O=C(C=CC1c2ccccc2CC1N1CCCCCC1)c1ccc(F)cc1. The van der Waals surface area contributed by atoms with Gasteiger partial charge in [0.05, 0.1) is 0 Å². The van der Waals surface area contributed by atoms with Crippen molar-refractivity contribution < 1.29 is 9.18 Å². The van der Waals surface area contributed by atoms with Gasteiger partial charge in [-0.25, -0.2) is 4.39 Å². The van der Waals surface area contributed by atoms with Crippen LogP contribution in [0.1, 0.15) is 53.1 Å². The number of carbonyl (C=O) groups excluding carboxylic acids is 1. The van der Waals surface area contributed by atoms with Gasteiger partial charge in [-0.15, -0.1) is 0 Å². The number of allylic oxidation sites excluding steroid dienone is 1. The minimum atomic E-state index is -0.318. The van der Waals surface area contributed by atoms with Gasteiger partial charge < -0.3 is 0 Å². The van der Waals surface area contributed by atoms with Gasteiger partial charge in [0.1, 0.15) is 5.82 Å². The third kappa shape index (κ3) is 4.03. The van der Waals surface area contributed by atoms with Gasteiger partial charge in [-0.3, -0.25) is 9.69 Å². The van der Waals surface area contributed by atoms with Crippen molar-refractivity contribution in [1.29, 1.82) is 0 Å². The number of hydrogen-bond donors (Lipinski definition) is 0. The van der Waals surface area contributed by atoms with Crippen molar-refractivity contribution in [3.63, 3.8) is 0 Å². The molecule has 140 valence electrons. The summed E-state index contributed by atoms with van der Waals surface area (Å²) in [6, 6.07) is 14.8. The van der Waals surface area contributed by atoms with Crippen LogP contribution in [0.2, 0.25) is 0 Å². The van der Waals surface area contributed by atoms with E-state index in [0.717, 1.165) is 19.5 Å². The molecule has 1 fully saturated rings. The Labute approximate surface area is 160 Å². The minimum absolute atomic E-state index is 0.0611. The fraction of sp³-hybridized carbons (Fsp3) is 0.375. The van der Waals surface area contributed by atoms with E-state index in [1.807, 2.05) is 0 Å². The van der Waals surface area contributed by atoms with Gasteiger partial charge in [0.25, 0.3) is 0 Å². The lowest BCUT2D eigenvalue weighted by molar-refractivity contribution is 0.104. The van der Waals surface area contributed by atoms with Crippen LogP contribution in [0, 0.1) is 5.82 Å². The lowest BCUT2D eigenvalue weighted by atomic mass is 9.95. The van der Waals surface area contributed by atoms with Crippen molar-refractivity contribution in [2.24, 2.45) is 0 Å². The molecule has 1 aliphatic heterocycles. The van der Waals surface area contributed by atoms with E-state index in [4.69, 9.17) is 0 Å². The summed E-state index contributed by atoms with van der Waals surface area (Å²) in [5, 5.41) is 0. The van der Waals surface area contributed by atoms with Crippen LogP contribution < -0.4 is 0 Å². The molecule has 2 aromatic rings. The average Bonchev–Trinajstić information content (AvgIpc) is 2.86. The zero-order chi connectivity index (χ0) is 18.6. The number of rotatable bonds is 4. The molecule has 0 bridgehead atoms. The highest BCUT2D eigenvalue weighted by Crippen LogP contribution is 2.38. The van der Waals surface area contributed by atoms with Crippen LogP contribution in [0.25, 0.3) is 0 Å². The molecule has 1 saturated heterocycles. The smallest absolute Gasteiger partial charge is 0.185 e. The molecule has 0 aromatic heterocycles. The Morgan fingerprint density at radius 1 is 0.963 bits per heavy atom. The van der Waals surface area contributed by atoms with Gasteiger partial charge in [-0.05, 0) is 73.8 Å². The van der Waals surface area contributed by atoms with Crippen molar-refractivity contribution in [1.82, 2.24) is 4.90 Å². The molecule has 0 N–H and O–H groups in total. The molecular formula is C24H26FNO. The number of halogens is 1. The molecule has 2 aromatic carbocycles. The molecule has 0 spiro atoms. The van der Waals surface area contributed by atoms with Crippen LogP contribution in [0.4, 0.5) is 4.39 Å². The summed E-state index contributed by atoms with van der Waals surface area (Å²) < 4.78 is 13.1. The highest BCUT2D eigenvalue weighted by atomic mass is 19.1. The van der Waals surface area contributed by atoms with Crippen molar-refractivity contribution in [2.75, 3.05) is 13.1 Å². The Balaban J connectivity index is 1.58. The van der Waals surface area contributed by atoms with Crippen LogP contribution in [-0.4, -0.2) is 29.8 Å². The number of nitrogens with zero attached hydrogens (tertiary/aromatic N) is 1. The Bertz CT molecular complexity index is 819. The molecule has 27 heavy (non-hydrogen) atoms. The van der Waals surface area contributed by atoms with E-state index >= 15 is 0 Å². The van der Waals surface area contributed by atoms with E-state index in [1.54, 1.807) is 18.2 Å². The lowest BCUT2D eigenvalue weighted by Gasteiger charge is -2.31. The summed E-state index contributed by atoms with van der Waals surface area (Å²) in [5.41, 5.74) is 3.27. The maximum Gasteiger partial charge on any atom is 0.185 e. The molecule has 2 atom stereocenters. The zero-order valence-corrected chi connectivity index (χ0v) is 15.6. The van der Waals surface area contributed by atoms with Crippen molar-refractivity contribution in [3.8, 4) is 0 Å². The van der Waals surface area contributed by atoms with Gasteiger partial charge in [0.2, 0.25) is 0 Å².